The number of pyridine rings is 1. The first-order valence-electron chi connectivity index (χ1n) is 9.17. The summed E-state index contributed by atoms with van der Waals surface area (Å²) < 4.78 is 4.85. The van der Waals surface area contributed by atoms with Gasteiger partial charge in [0.2, 0.25) is 0 Å². The molecule has 0 atom stereocenters. The number of carbonyl (C=O) groups excluding carboxylic acids is 1. The van der Waals surface area contributed by atoms with E-state index < -0.39 is 0 Å². The second kappa shape index (κ2) is 6.96. The average Bonchev–Trinajstić information content (AvgIpc) is 3.18. The molecule has 0 saturated carbocycles. The molecular formula is C22H22N4O2. The number of hydrogen-bond donors (Lipinski definition) is 1. The lowest BCUT2D eigenvalue weighted by atomic mass is 10.0. The minimum absolute atomic E-state index is 0.290. The molecule has 2 heterocycles. The van der Waals surface area contributed by atoms with Crippen LogP contribution >= 0.6 is 0 Å². The molecule has 0 fully saturated rings. The topological polar surface area (TPSA) is 71.1 Å². The fraction of sp³-hybridized carbons (Fsp3) is 0.227. The van der Waals surface area contributed by atoms with Crippen molar-refractivity contribution in [3.8, 4) is 11.3 Å². The number of rotatable bonds is 4. The molecule has 4 aromatic rings. The van der Waals surface area contributed by atoms with Crippen LogP contribution in [0.1, 0.15) is 24.2 Å². The van der Waals surface area contributed by atoms with Crippen molar-refractivity contribution in [1.82, 2.24) is 15.2 Å². The molecule has 0 bridgehead atoms. The lowest BCUT2D eigenvalue weighted by molar-refractivity contribution is 0.0601. The molecular weight excluding hydrogens is 352 g/mol. The van der Waals surface area contributed by atoms with E-state index in [9.17, 15) is 4.79 Å². The lowest BCUT2D eigenvalue weighted by Crippen LogP contribution is -2.26. The van der Waals surface area contributed by atoms with Gasteiger partial charge in [0, 0.05) is 29.4 Å². The standard InChI is InChI=1S/C22H22N4O2/c1-13(2)26(3)20-11-17-9-15(22(27)28-4)7-8-18(17)24-21(20)14-5-6-16-12-23-25-19(16)10-14/h5-13H,1-4H3,(H,23,25). The first-order chi connectivity index (χ1) is 13.5. The van der Waals surface area contributed by atoms with Crippen molar-refractivity contribution < 1.29 is 9.53 Å². The number of nitrogens with one attached hydrogen (secondary N) is 1. The van der Waals surface area contributed by atoms with E-state index in [1.54, 1.807) is 6.07 Å². The molecule has 4 rings (SSSR count). The van der Waals surface area contributed by atoms with Crippen molar-refractivity contribution in [1.29, 1.82) is 0 Å². The maximum Gasteiger partial charge on any atom is 0.337 e. The van der Waals surface area contributed by atoms with Gasteiger partial charge >= 0.3 is 5.97 Å². The van der Waals surface area contributed by atoms with E-state index in [0.717, 1.165) is 38.8 Å². The second-order valence-corrected chi connectivity index (χ2v) is 7.13. The summed E-state index contributed by atoms with van der Waals surface area (Å²) in [7, 11) is 3.44. The smallest absolute Gasteiger partial charge is 0.337 e. The van der Waals surface area contributed by atoms with Crippen LogP contribution in [0.15, 0.2) is 48.7 Å². The van der Waals surface area contributed by atoms with Gasteiger partial charge in [0.05, 0.1) is 41.3 Å². The Bertz CT molecular complexity index is 1180. The zero-order valence-corrected chi connectivity index (χ0v) is 16.4. The number of anilines is 1. The van der Waals surface area contributed by atoms with Crippen LogP contribution in [-0.4, -0.2) is 41.3 Å². The largest absolute Gasteiger partial charge is 0.465 e. The number of esters is 1. The molecule has 142 valence electrons. The van der Waals surface area contributed by atoms with E-state index in [-0.39, 0.29) is 12.0 Å². The molecule has 1 N–H and O–H groups in total. The van der Waals surface area contributed by atoms with Gasteiger partial charge in [-0.1, -0.05) is 12.1 Å². The molecule has 2 aromatic heterocycles. The van der Waals surface area contributed by atoms with Crippen LogP contribution in [0.25, 0.3) is 33.1 Å². The van der Waals surface area contributed by atoms with E-state index in [2.05, 4.69) is 54.2 Å². The van der Waals surface area contributed by atoms with Crippen molar-refractivity contribution >= 4 is 33.5 Å². The van der Waals surface area contributed by atoms with E-state index in [0.29, 0.717) is 5.56 Å². The highest BCUT2D eigenvalue weighted by Gasteiger charge is 2.17. The number of H-pyrrole nitrogens is 1. The van der Waals surface area contributed by atoms with Crippen LogP contribution in [0.3, 0.4) is 0 Å². The van der Waals surface area contributed by atoms with Gasteiger partial charge in [0.1, 0.15) is 0 Å². The van der Waals surface area contributed by atoms with Gasteiger partial charge in [-0.25, -0.2) is 9.78 Å². The Kier molecular flexibility index (Phi) is 4.47. The number of carbonyl (C=O) groups is 1. The van der Waals surface area contributed by atoms with Crippen LogP contribution in [0.2, 0.25) is 0 Å². The Labute approximate surface area is 163 Å². The Morgan fingerprint density at radius 1 is 1.11 bits per heavy atom. The molecule has 0 unspecified atom stereocenters. The summed E-state index contributed by atoms with van der Waals surface area (Å²) in [6.07, 6.45) is 1.81. The summed E-state index contributed by atoms with van der Waals surface area (Å²) in [4.78, 5) is 19.0. The predicted molar refractivity (Wildman–Crippen MR) is 112 cm³/mol. The Morgan fingerprint density at radius 2 is 1.93 bits per heavy atom. The third-order valence-corrected chi connectivity index (χ3v) is 5.09. The highest BCUT2D eigenvalue weighted by atomic mass is 16.5. The first kappa shape index (κ1) is 18.0. The van der Waals surface area contributed by atoms with Crippen molar-refractivity contribution in [2.75, 3.05) is 19.1 Å². The molecule has 6 nitrogen and oxygen atoms in total. The second-order valence-electron chi connectivity index (χ2n) is 7.13. The van der Waals surface area contributed by atoms with Gasteiger partial charge in [0.25, 0.3) is 0 Å². The third-order valence-electron chi connectivity index (χ3n) is 5.09. The summed E-state index contributed by atoms with van der Waals surface area (Å²) in [5.74, 6) is -0.352. The number of aromatic nitrogens is 3. The number of nitrogens with zero attached hydrogens (tertiary/aromatic N) is 3. The van der Waals surface area contributed by atoms with Crippen LogP contribution < -0.4 is 4.90 Å². The average molecular weight is 374 g/mol. The molecule has 0 spiro atoms. The normalized spacial score (nSPS) is 11.3. The molecule has 6 heteroatoms. The van der Waals surface area contributed by atoms with Crippen molar-refractivity contribution in [3.05, 3.63) is 54.2 Å². The van der Waals surface area contributed by atoms with E-state index in [4.69, 9.17) is 9.72 Å². The number of methoxy groups -OCH3 is 1. The summed E-state index contributed by atoms with van der Waals surface area (Å²) in [5.41, 5.74) is 5.22. The lowest BCUT2D eigenvalue weighted by Gasteiger charge is -2.26. The van der Waals surface area contributed by atoms with Gasteiger partial charge in [-0.15, -0.1) is 0 Å². The number of aromatic amines is 1. The Hall–Kier alpha value is -3.41. The molecule has 0 radical (unpaired) electrons. The number of fused-ring (bicyclic) bond motifs is 2. The van der Waals surface area contributed by atoms with E-state index in [1.807, 2.05) is 24.4 Å². The van der Waals surface area contributed by atoms with Gasteiger partial charge < -0.3 is 9.64 Å². The SMILES string of the molecule is COC(=O)c1ccc2nc(-c3ccc4cn[nH]c4c3)c(N(C)C(C)C)cc2c1. The fourth-order valence-corrected chi connectivity index (χ4v) is 3.25. The molecule has 2 aromatic carbocycles. The van der Waals surface area contributed by atoms with Gasteiger partial charge in [-0.2, -0.15) is 5.10 Å². The van der Waals surface area contributed by atoms with Gasteiger partial charge in [0.15, 0.2) is 0 Å². The summed E-state index contributed by atoms with van der Waals surface area (Å²) in [5, 5.41) is 9.09. The Morgan fingerprint density at radius 3 is 2.68 bits per heavy atom. The van der Waals surface area contributed by atoms with Crippen molar-refractivity contribution in [3.63, 3.8) is 0 Å². The minimum Gasteiger partial charge on any atom is -0.465 e. The minimum atomic E-state index is -0.352. The third kappa shape index (κ3) is 3.07. The molecule has 0 aliphatic rings. The van der Waals surface area contributed by atoms with Crippen molar-refractivity contribution in [2.24, 2.45) is 0 Å². The van der Waals surface area contributed by atoms with Crippen LogP contribution in [-0.2, 0) is 4.74 Å². The van der Waals surface area contributed by atoms with E-state index >= 15 is 0 Å². The predicted octanol–water partition coefficient (Wildman–Crippen LogP) is 4.41. The fourth-order valence-electron chi connectivity index (χ4n) is 3.25. The quantitative estimate of drug-likeness (QED) is 0.536. The monoisotopic (exact) mass is 374 g/mol. The molecule has 0 aliphatic heterocycles. The number of hydrogen-bond acceptors (Lipinski definition) is 5. The highest BCUT2D eigenvalue weighted by Crippen LogP contribution is 2.34. The van der Waals surface area contributed by atoms with Crippen LogP contribution in [0.5, 0.6) is 0 Å². The van der Waals surface area contributed by atoms with E-state index in [1.165, 1.54) is 7.11 Å². The Balaban J connectivity index is 1.94. The zero-order valence-electron chi connectivity index (χ0n) is 16.4. The molecule has 28 heavy (non-hydrogen) atoms. The highest BCUT2D eigenvalue weighted by molar-refractivity contribution is 5.97. The van der Waals surface area contributed by atoms with Crippen molar-refractivity contribution in [2.45, 2.75) is 19.9 Å². The van der Waals surface area contributed by atoms with Crippen LogP contribution in [0.4, 0.5) is 5.69 Å². The van der Waals surface area contributed by atoms with Gasteiger partial charge in [-0.05, 0) is 44.2 Å². The van der Waals surface area contributed by atoms with Crippen LogP contribution in [0, 0.1) is 0 Å². The number of benzene rings is 2. The maximum atomic E-state index is 11.9. The van der Waals surface area contributed by atoms with Gasteiger partial charge in [-0.3, -0.25) is 5.10 Å². The number of ether oxygens (including phenoxy) is 1. The summed E-state index contributed by atoms with van der Waals surface area (Å²) in [6.45, 7) is 4.27. The molecule has 0 saturated heterocycles. The summed E-state index contributed by atoms with van der Waals surface area (Å²) >= 11 is 0. The molecule has 0 amide bonds. The zero-order chi connectivity index (χ0) is 19.8. The maximum absolute atomic E-state index is 11.9. The molecule has 0 aliphatic carbocycles. The first-order valence-corrected chi connectivity index (χ1v) is 9.17. The summed E-state index contributed by atoms with van der Waals surface area (Å²) in [6, 6.07) is 14.0.